The van der Waals surface area contributed by atoms with Gasteiger partial charge < -0.3 is 10.0 Å². The van der Waals surface area contributed by atoms with Crippen LogP contribution in [0.1, 0.15) is 29.7 Å². The molecule has 3 heteroatoms. The van der Waals surface area contributed by atoms with Gasteiger partial charge in [-0.15, -0.1) is 0 Å². The Hall–Kier alpha value is -1.67. The molecule has 0 aliphatic heterocycles. The molecule has 0 spiro atoms. The molecule has 0 saturated heterocycles. The van der Waals surface area contributed by atoms with Crippen molar-refractivity contribution in [1.29, 1.82) is 0 Å². The monoisotopic (exact) mass is 289 g/mol. The molecule has 1 N–H and O–H groups in total. The summed E-state index contributed by atoms with van der Waals surface area (Å²) < 4.78 is 0. The third kappa shape index (κ3) is 2.91. The summed E-state index contributed by atoms with van der Waals surface area (Å²) in [7, 11) is 2.03. The van der Waals surface area contributed by atoms with E-state index in [9.17, 15) is 5.11 Å². The number of aryl methyl sites for hydroxylation is 2. The van der Waals surface area contributed by atoms with Gasteiger partial charge in [-0.3, -0.25) is 0 Å². The first-order valence-electron chi connectivity index (χ1n) is 6.68. The van der Waals surface area contributed by atoms with Crippen molar-refractivity contribution in [1.82, 2.24) is 0 Å². The van der Waals surface area contributed by atoms with Crippen molar-refractivity contribution in [3.63, 3.8) is 0 Å². The first-order valence-corrected chi connectivity index (χ1v) is 7.06. The maximum absolute atomic E-state index is 10.0. The zero-order valence-electron chi connectivity index (χ0n) is 12.3. The molecule has 2 rings (SSSR count). The van der Waals surface area contributed by atoms with E-state index in [2.05, 4.69) is 43.9 Å². The van der Waals surface area contributed by atoms with Crippen molar-refractivity contribution in [3.8, 4) is 5.75 Å². The molecule has 0 aliphatic carbocycles. The topological polar surface area (TPSA) is 23.5 Å². The molecule has 0 bridgehead atoms. The molecule has 0 amide bonds. The van der Waals surface area contributed by atoms with Gasteiger partial charge in [0, 0.05) is 23.3 Å². The molecule has 0 aromatic heterocycles. The average molecular weight is 290 g/mol. The third-order valence-electron chi connectivity index (χ3n) is 3.75. The van der Waals surface area contributed by atoms with Crippen LogP contribution in [0.4, 0.5) is 5.69 Å². The predicted octanol–water partition coefficient (Wildman–Crippen LogP) is 4.86. The van der Waals surface area contributed by atoms with Gasteiger partial charge in [-0.05, 0) is 50.6 Å². The molecule has 1 atom stereocenters. The highest BCUT2D eigenvalue weighted by molar-refractivity contribution is 6.30. The van der Waals surface area contributed by atoms with Crippen molar-refractivity contribution in [2.24, 2.45) is 0 Å². The maximum atomic E-state index is 10.0. The van der Waals surface area contributed by atoms with Gasteiger partial charge in [0.05, 0.1) is 6.04 Å². The quantitative estimate of drug-likeness (QED) is 0.872. The van der Waals surface area contributed by atoms with Gasteiger partial charge in [0.25, 0.3) is 0 Å². The zero-order valence-corrected chi connectivity index (χ0v) is 13.1. The fraction of sp³-hybridized carbons (Fsp3) is 0.294. The molecule has 20 heavy (non-hydrogen) atoms. The largest absolute Gasteiger partial charge is 0.508 e. The van der Waals surface area contributed by atoms with Crippen molar-refractivity contribution in [2.45, 2.75) is 26.8 Å². The number of aromatic hydroxyl groups is 1. The third-order valence-corrected chi connectivity index (χ3v) is 3.99. The Kier molecular flexibility index (Phi) is 4.24. The lowest BCUT2D eigenvalue weighted by Crippen LogP contribution is -2.22. The van der Waals surface area contributed by atoms with Gasteiger partial charge in [-0.25, -0.2) is 0 Å². The van der Waals surface area contributed by atoms with Gasteiger partial charge in [-0.2, -0.15) is 0 Å². The molecule has 0 fully saturated rings. The SMILES string of the molecule is Cc1ccc(N(C)C(C)c2cc(Cl)ccc2O)c(C)c1. The Morgan fingerprint density at radius 2 is 1.80 bits per heavy atom. The molecular weight excluding hydrogens is 270 g/mol. The molecule has 0 radical (unpaired) electrons. The number of nitrogens with zero attached hydrogens (tertiary/aromatic N) is 1. The fourth-order valence-electron chi connectivity index (χ4n) is 2.48. The van der Waals surface area contributed by atoms with Crippen molar-refractivity contribution >= 4 is 17.3 Å². The van der Waals surface area contributed by atoms with Crippen LogP contribution < -0.4 is 4.90 Å². The highest BCUT2D eigenvalue weighted by Gasteiger charge is 2.17. The number of hydrogen-bond donors (Lipinski definition) is 1. The number of halogens is 1. The maximum Gasteiger partial charge on any atom is 0.120 e. The van der Waals surface area contributed by atoms with Crippen LogP contribution >= 0.6 is 11.6 Å². The summed E-state index contributed by atoms with van der Waals surface area (Å²) in [5, 5.41) is 10.7. The Bertz CT molecular complexity index is 624. The predicted molar refractivity (Wildman–Crippen MR) is 85.9 cm³/mol. The second-order valence-corrected chi connectivity index (χ2v) is 5.72. The summed E-state index contributed by atoms with van der Waals surface area (Å²) in [4.78, 5) is 2.15. The van der Waals surface area contributed by atoms with Crippen LogP contribution in [-0.2, 0) is 0 Å². The number of hydrogen-bond acceptors (Lipinski definition) is 2. The molecule has 2 nitrogen and oxygen atoms in total. The molecule has 0 aliphatic rings. The fourth-order valence-corrected chi connectivity index (χ4v) is 2.66. The summed E-state index contributed by atoms with van der Waals surface area (Å²) in [6.45, 7) is 6.25. The van der Waals surface area contributed by atoms with E-state index in [0.717, 1.165) is 11.3 Å². The number of phenols is 1. The van der Waals surface area contributed by atoms with E-state index in [4.69, 9.17) is 11.6 Å². The first kappa shape index (κ1) is 14.7. The van der Waals surface area contributed by atoms with E-state index in [1.165, 1.54) is 11.1 Å². The van der Waals surface area contributed by atoms with Crippen LogP contribution in [0, 0.1) is 13.8 Å². The minimum Gasteiger partial charge on any atom is -0.508 e. The Balaban J connectivity index is 2.37. The van der Waals surface area contributed by atoms with E-state index < -0.39 is 0 Å². The number of anilines is 1. The van der Waals surface area contributed by atoms with E-state index >= 15 is 0 Å². The lowest BCUT2D eigenvalue weighted by molar-refractivity contribution is 0.462. The van der Waals surface area contributed by atoms with Gasteiger partial charge in [0.15, 0.2) is 0 Å². The molecule has 2 aromatic rings. The summed E-state index contributed by atoms with van der Waals surface area (Å²) in [5.74, 6) is 0.276. The summed E-state index contributed by atoms with van der Waals surface area (Å²) in [6, 6.07) is 11.6. The van der Waals surface area contributed by atoms with Gasteiger partial charge >= 0.3 is 0 Å². The normalized spacial score (nSPS) is 12.2. The summed E-state index contributed by atoms with van der Waals surface area (Å²) >= 11 is 6.03. The summed E-state index contributed by atoms with van der Waals surface area (Å²) in [5.41, 5.74) is 4.46. The van der Waals surface area contributed by atoms with Crippen molar-refractivity contribution in [2.75, 3.05) is 11.9 Å². The first-order chi connectivity index (χ1) is 9.40. The van der Waals surface area contributed by atoms with Crippen LogP contribution in [0.15, 0.2) is 36.4 Å². The lowest BCUT2D eigenvalue weighted by Gasteiger charge is -2.29. The van der Waals surface area contributed by atoms with Gasteiger partial charge in [0.1, 0.15) is 5.75 Å². The average Bonchev–Trinajstić information content (AvgIpc) is 2.40. The second kappa shape index (κ2) is 5.76. The molecule has 1 unspecified atom stereocenters. The number of phenolic OH excluding ortho intramolecular Hbond substituents is 1. The highest BCUT2D eigenvalue weighted by atomic mass is 35.5. The van der Waals surface area contributed by atoms with Crippen molar-refractivity contribution in [3.05, 3.63) is 58.1 Å². The lowest BCUT2D eigenvalue weighted by atomic mass is 10.0. The minimum atomic E-state index is 0.0371. The minimum absolute atomic E-state index is 0.0371. The second-order valence-electron chi connectivity index (χ2n) is 5.28. The van der Waals surface area contributed by atoms with Crippen LogP contribution in [-0.4, -0.2) is 12.2 Å². The van der Waals surface area contributed by atoms with Crippen LogP contribution in [0.5, 0.6) is 5.75 Å². The molecule has 0 heterocycles. The molecule has 0 saturated carbocycles. The molecule has 2 aromatic carbocycles. The Morgan fingerprint density at radius 1 is 1.10 bits per heavy atom. The summed E-state index contributed by atoms with van der Waals surface area (Å²) in [6.07, 6.45) is 0. The zero-order chi connectivity index (χ0) is 14.9. The number of benzene rings is 2. The van der Waals surface area contributed by atoms with Gasteiger partial charge in [0.2, 0.25) is 0 Å². The van der Waals surface area contributed by atoms with Gasteiger partial charge in [-0.1, -0.05) is 29.3 Å². The molecule has 106 valence electrons. The molecular formula is C17H20ClNO. The van der Waals surface area contributed by atoms with Crippen molar-refractivity contribution < 1.29 is 5.11 Å². The van der Waals surface area contributed by atoms with E-state index in [-0.39, 0.29) is 11.8 Å². The smallest absolute Gasteiger partial charge is 0.120 e. The Morgan fingerprint density at radius 3 is 2.45 bits per heavy atom. The van der Waals surface area contributed by atoms with Crippen LogP contribution in [0.3, 0.4) is 0 Å². The van der Waals surface area contributed by atoms with Crippen LogP contribution in [0.25, 0.3) is 0 Å². The van der Waals surface area contributed by atoms with E-state index in [1.54, 1.807) is 12.1 Å². The standard InChI is InChI=1S/C17H20ClNO/c1-11-5-7-16(12(2)9-11)19(4)13(3)15-10-14(18)6-8-17(15)20/h5-10,13,20H,1-4H3. The highest BCUT2D eigenvalue weighted by Crippen LogP contribution is 2.34. The van der Waals surface area contributed by atoms with Crippen LogP contribution in [0.2, 0.25) is 5.02 Å². The van der Waals surface area contributed by atoms with E-state index in [1.807, 2.05) is 13.1 Å². The number of rotatable bonds is 3. The van der Waals surface area contributed by atoms with E-state index in [0.29, 0.717) is 5.02 Å². The Labute approximate surface area is 125 Å².